The maximum Gasteiger partial charge on any atom is 0.200 e. The van der Waals surface area contributed by atoms with Gasteiger partial charge in [0.25, 0.3) is 0 Å². The van der Waals surface area contributed by atoms with Gasteiger partial charge in [-0.2, -0.15) is 0 Å². The van der Waals surface area contributed by atoms with Crippen LogP contribution in [0.4, 0.5) is 0 Å². The number of rotatable bonds is 15. The SMILES string of the molecule is C#CC(I)[N+](CCCCCCC)(CCCCCCC)Cc1c(C)cccc1C.[Cl-]. The number of halogens is 2. The minimum atomic E-state index is 0. The molecule has 0 aliphatic carbocycles. The minimum absolute atomic E-state index is 0. The molecule has 0 saturated carbocycles. The van der Waals surface area contributed by atoms with E-state index in [4.69, 9.17) is 6.42 Å². The largest absolute Gasteiger partial charge is 1.00 e. The Morgan fingerprint density at radius 3 is 1.72 bits per heavy atom. The molecule has 3 heteroatoms. The number of aryl methyl sites for hydroxylation is 2. The summed E-state index contributed by atoms with van der Waals surface area (Å²) >= 11 is 2.54. The summed E-state index contributed by atoms with van der Waals surface area (Å²) in [6.07, 6.45) is 19.3. The highest BCUT2D eigenvalue weighted by molar-refractivity contribution is 14.1. The Morgan fingerprint density at radius 2 is 1.31 bits per heavy atom. The van der Waals surface area contributed by atoms with Crippen molar-refractivity contribution >= 4 is 22.6 Å². The van der Waals surface area contributed by atoms with E-state index in [1.807, 2.05) is 0 Å². The van der Waals surface area contributed by atoms with Crippen molar-refractivity contribution in [3.63, 3.8) is 0 Å². The Labute approximate surface area is 201 Å². The first kappa shape index (κ1) is 28.8. The van der Waals surface area contributed by atoms with Crippen LogP contribution >= 0.6 is 22.6 Å². The monoisotopic (exact) mass is 531 g/mol. The Balaban J connectivity index is 0.00000784. The number of alkyl halides is 1. The van der Waals surface area contributed by atoms with Crippen molar-refractivity contribution in [1.82, 2.24) is 0 Å². The average Bonchev–Trinajstić information content (AvgIpc) is 2.69. The van der Waals surface area contributed by atoms with Crippen molar-refractivity contribution < 1.29 is 16.9 Å². The normalized spacial score (nSPS) is 12.3. The first-order valence-corrected chi connectivity index (χ1v) is 12.8. The number of quaternary nitrogens is 1. The van der Waals surface area contributed by atoms with Gasteiger partial charge in [0.2, 0.25) is 4.05 Å². The molecule has 0 heterocycles. The topological polar surface area (TPSA) is 0 Å². The molecule has 0 fully saturated rings. The van der Waals surface area contributed by atoms with Crippen molar-refractivity contribution in [2.75, 3.05) is 13.1 Å². The summed E-state index contributed by atoms with van der Waals surface area (Å²) in [6.45, 7) is 12.6. The van der Waals surface area contributed by atoms with Gasteiger partial charge < -0.3 is 12.4 Å². The summed E-state index contributed by atoms with van der Waals surface area (Å²) in [5, 5.41) is 0. The van der Waals surface area contributed by atoms with Crippen LogP contribution in [0.5, 0.6) is 0 Å². The molecule has 1 rings (SSSR count). The zero-order valence-electron chi connectivity index (χ0n) is 19.3. The summed E-state index contributed by atoms with van der Waals surface area (Å²) in [6, 6.07) is 6.70. The summed E-state index contributed by atoms with van der Waals surface area (Å²) in [7, 11) is 0. The number of terminal acetylenes is 1. The Bertz CT molecular complexity index is 559. The number of nitrogens with zero attached hydrogens (tertiary/aromatic N) is 1. The number of hydrogen-bond acceptors (Lipinski definition) is 0. The lowest BCUT2D eigenvalue weighted by molar-refractivity contribution is -0.940. The van der Waals surface area contributed by atoms with Crippen LogP contribution in [0.3, 0.4) is 0 Å². The van der Waals surface area contributed by atoms with Gasteiger partial charge in [0.15, 0.2) is 0 Å². The molecular formula is C26H43ClIN. The Hall–Kier alpha value is -0.240. The van der Waals surface area contributed by atoms with E-state index >= 15 is 0 Å². The molecule has 1 atom stereocenters. The zero-order valence-corrected chi connectivity index (χ0v) is 22.2. The molecule has 0 aliphatic rings. The highest BCUT2D eigenvalue weighted by Gasteiger charge is 2.34. The van der Waals surface area contributed by atoms with Gasteiger partial charge in [0.05, 0.1) is 13.1 Å². The third kappa shape index (κ3) is 10.1. The lowest BCUT2D eigenvalue weighted by atomic mass is 10.00. The van der Waals surface area contributed by atoms with E-state index < -0.39 is 0 Å². The lowest BCUT2D eigenvalue weighted by Gasteiger charge is -2.42. The van der Waals surface area contributed by atoms with Gasteiger partial charge in [-0.1, -0.05) is 70.6 Å². The molecule has 166 valence electrons. The van der Waals surface area contributed by atoms with Gasteiger partial charge in [-0.05, 0) is 56.6 Å². The maximum atomic E-state index is 6.02. The first-order valence-electron chi connectivity index (χ1n) is 11.5. The quantitative estimate of drug-likeness (QED) is 0.0749. The van der Waals surface area contributed by atoms with Crippen LogP contribution < -0.4 is 12.4 Å². The van der Waals surface area contributed by atoms with E-state index in [1.54, 1.807) is 0 Å². The molecule has 0 spiro atoms. The van der Waals surface area contributed by atoms with E-state index in [1.165, 1.54) is 94.0 Å². The molecule has 0 radical (unpaired) electrons. The fourth-order valence-corrected chi connectivity index (χ4v) is 4.96. The molecule has 0 N–H and O–H groups in total. The molecule has 0 bridgehead atoms. The first-order chi connectivity index (χ1) is 13.5. The maximum absolute atomic E-state index is 6.02. The highest BCUT2D eigenvalue weighted by Crippen LogP contribution is 2.29. The number of benzene rings is 1. The predicted molar refractivity (Wildman–Crippen MR) is 134 cm³/mol. The lowest BCUT2D eigenvalue weighted by Crippen LogP contribution is -3.00. The van der Waals surface area contributed by atoms with Crippen molar-refractivity contribution in [1.29, 1.82) is 0 Å². The number of unbranched alkanes of at least 4 members (excludes halogenated alkanes) is 8. The summed E-state index contributed by atoms with van der Waals surface area (Å²) in [5.74, 6) is 3.13. The van der Waals surface area contributed by atoms with Gasteiger partial charge in [0.1, 0.15) is 6.54 Å². The van der Waals surface area contributed by atoms with Crippen molar-refractivity contribution in [2.24, 2.45) is 0 Å². The molecule has 1 aromatic rings. The molecule has 0 aromatic heterocycles. The van der Waals surface area contributed by atoms with Crippen LogP contribution in [0.1, 0.15) is 94.7 Å². The Kier molecular flexibility index (Phi) is 16.3. The third-order valence-electron chi connectivity index (χ3n) is 6.15. The molecule has 1 unspecified atom stereocenters. The molecule has 0 saturated heterocycles. The van der Waals surface area contributed by atoms with E-state index in [9.17, 15) is 0 Å². The van der Waals surface area contributed by atoms with E-state index in [2.05, 4.69) is 74.4 Å². The molecule has 1 nitrogen and oxygen atoms in total. The van der Waals surface area contributed by atoms with Crippen LogP contribution in [0, 0.1) is 26.2 Å². The van der Waals surface area contributed by atoms with Gasteiger partial charge in [0, 0.05) is 28.2 Å². The second-order valence-corrected chi connectivity index (χ2v) is 9.71. The Morgan fingerprint density at radius 1 is 0.862 bits per heavy atom. The fourth-order valence-electron chi connectivity index (χ4n) is 4.21. The summed E-state index contributed by atoms with van der Waals surface area (Å²) in [4.78, 5) is 0. The van der Waals surface area contributed by atoms with Crippen molar-refractivity contribution in [3.8, 4) is 12.3 Å². The van der Waals surface area contributed by atoms with Gasteiger partial charge >= 0.3 is 0 Å². The summed E-state index contributed by atoms with van der Waals surface area (Å²) in [5.41, 5.74) is 4.35. The van der Waals surface area contributed by atoms with Gasteiger partial charge in [-0.25, -0.2) is 0 Å². The summed E-state index contributed by atoms with van der Waals surface area (Å²) < 4.78 is 1.30. The predicted octanol–water partition coefficient (Wildman–Crippen LogP) is 4.96. The van der Waals surface area contributed by atoms with Crippen LogP contribution in [0.25, 0.3) is 0 Å². The smallest absolute Gasteiger partial charge is 0.200 e. The van der Waals surface area contributed by atoms with Gasteiger partial charge in [-0.15, -0.1) is 6.42 Å². The van der Waals surface area contributed by atoms with Crippen molar-refractivity contribution in [2.45, 2.75) is 102 Å². The van der Waals surface area contributed by atoms with Gasteiger partial charge in [-0.3, -0.25) is 4.48 Å². The molecule has 0 aliphatic heterocycles. The molecule has 1 aromatic carbocycles. The van der Waals surface area contributed by atoms with Crippen molar-refractivity contribution in [3.05, 3.63) is 34.9 Å². The van der Waals surface area contributed by atoms with Crippen LogP contribution in [0.15, 0.2) is 18.2 Å². The van der Waals surface area contributed by atoms with E-state index in [0.29, 0.717) is 0 Å². The number of hydrogen-bond donors (Lipinski definition) is 0. The molecule has 29 heavy (non-hydrogen) atoms. The van der Waals surface area contributed by atoms with Crippen LogP contribution in [0.2, 0.25) is 0 Å². The van der Waals surface area contributed by atoms with Crippen LogP contribution in [-0.4, -0.2) is 21.6 Å². The molecular weight excluding hydrogens is 489 g/mol. The average molecular weight is 532 g/mol. The fraction of sp³-hybridized carbons (Fsp3) is 0.692. The second kappa shape index (κ2) is 16.5. The standard InChI is InChI=1S/C26H43IN.ClH/c1-6-9-11-13-15-20-28(26(27)8-3,21-16-14-12-10-7-2)22-25-23(4)18-17-19-24(25)5;/h3,17-19,26H,6-7,9-16,20-22H2,1-2,4-5H3;1H/q+1;/p-1. The second-order valence-electron chi connectivity index (χ2n) is 8.53. The molecule has 0 amide bonds. The minimum Gasteiger partial charge on any atom is -1.00 e. The van der Waals surface area contributed by atoms with E-state index in [-0.39, 0.29) is 16.5 Å². The zero-order chi connectivity index (χ0) is 20.8. The van der Waals surface area contributed by atoms with E-state index in [0.717, 1.165) is 11.0 Å². The van der Waals surface area contributed by atoms with Crippen LogP contribution in [-0.2, 0) is 6.54 Å². The third-order valence-corrected chi connectivity index (χ3v) is 7.69. The highest BCUT2D eigenvalue weighted by atomic mass is 127.